The van der Waals surface area contributed by atoms with Gasteiger partial charge in [-0.1, -0.05) is 67.4 Å². The number of carbonyl (C=O) groups is 2. The molecule has 0 saturated carbocycles. The van der Waals surface area contributed by atoms with Gasteiger partial charge in [0.15, 0.2) is 0 Å². The molecule has 2 atom stereocenters. The predicted molar refractivity (Wildman–Crippen MR) is 161 cm³/mol. The Balaban J connectivity index is 2.07. The van der Waals surface area contributed by atoms with Crippen LogP contribution in [0.5, 0.6) is 0 Å². The van der Waals surface area contributed by atoms with Crippen LogP contribution in [0.3, 0.4) is 0 Å². The summed E-state index contributed by atoms with van der Waals surface area (Å²) >= 11 is 12.2. The molecule has 10 heteroatoms. The standard InChI is InChI=1S/C30H35Cl2N3O4S/c1-5-22(4)33-30(37)28(6-2)34(19-23-11-8-7-10-21(23)3)29(36)20-35(26-13-9-12-25(32)18-26)40(38,39)27-16-14-24(31)15-17-27/h7-18,22,28H,5-6,19-20H2,1-4H3,(H,33,37)/t22-,28+/m1/s1. The summed E-state index contributed by atoms with van der Waals surface area (Å²) in [6.07, 6.45) is 1.08. The number of nitrogens with one attached hydrogen (secondary N) is 1. The van der Waals surface area contributed by atoms with Crippen molar-refractivity contribution in [2.75, 3.05) is 10.8 Å². The van der Waals surface area contributed by atoms with E-state index in [0.717, 1.165) is 21.9 Å². The molecular weight excluding hydrogens is 569 g/mol. The van der Waals surface area contributed by atoms with Crippen molar-refractivity contribution in [3.05, 3.63) is 94.0 Å². The van der Waals surface area contributed by atoms with Crippen molar-refractivity contribution < 1.29 is 18.0 Å². The van der Waals surface area contributed by atoms with Crippen LogP contribution in [-0.2, 0) is 26.2 Å². The lowest BCUT2D eigenvalue weighted by Crippen LogP contribution is -2.53. The zero-order valence-corrected chi connectivity index (χ0v) is 25.4. The third-order valence-electron chi connectivity index (χ3n) is 6.77. The molecule has 214 valence electrons. The Bertz CT molecular complexity index is 1430. The molecule has 0 aliphatic heterocycles. The maximum absolute atomic E-state index is 14.1. The maximum Gasteiger partial charge on any atom is 0.264 e. The fraction of sp³-hybridized carbons (Fsp3) is 0.333. The first-order valence-electron chi connectivity index (χ1n) is 13.2. The second kappa shape index (κ2) is 14.0. The van der Waals surface area contributed by atoms with E-state index in [9.17, 15) is 18.0 Å². The second-order valence-corrected chi connectivity index (χ2v) is 12.4. The highest BCUT2D eigenvalue weighted by atomic mass is 35.5. The van der Waals surface area contributed by atoms with Crippen LogP contribution < -0.4 is 9.62 Å². The van der Waals surface area contributed by atoms with Gasteiger partial charge in [-0.05, 0) is 80.3 Å². The van der Waals surface area contributed by atoms with Crippen molar-refractivity contribution >= 4 is 50.7 Å². The van der Waals surface area contributed by atoms with Gasteiger partial charge in [-0.25, -0.2) is 8.42 Å². The Kier molecular flexibility index (Phi) is 11.0. The summed E-state index contributed by atoms with van der Waals surface area (Å²) in [5, 5.41) is 3.67. The van der Waals surface area contributed by atoms with Gasteiger partial charge in [0.1, 0.15) is 12.6 Å². The first-order valence-corrected chi connectivity index (χ1v) is 15.4. The summed E-state index contributed by atoms with van der Waals surface area (Å²) in [5.74, 6) is -0.805. The van der Waals surface area contributed by atoms with Crippen molar-refractivity contribution in [2.45, 2.75) is 64.1 Å². The molecule has 40 heavy (non-hydrogen) atoms. The van der Waals surface area contributed by atoms with Gasteiger partial charge in [-0.15, -0.1) is 0 Å². The number of halogens is 2. The highest BCUT2D eigenvalue weighted by Crippen LogP contribution is 2.28. The molecule has 0 unspecified atom stereocenters. The Morgan fingerprint density at radius 3 is 2.17 bits per heavy atom. The van der Waals surface area contributed by atoms with E-state index in [4.69, 9.17) is 23.2 Å². The number of nitrogens with zero attached hydrogens (tertiary/aromatic N) is 2. The number of sulfonamides is 1. The van der Waals surface area contributed by atoms with E-state index in [-0.39, 0.29) is 29.1 Å². The van der Waals surface area contributed by atoms with Gasteiger partial charge in [0, 0.05) is 22.6 Å². The van der Waals surface area contributed by atoms with Gasteiger partial charge < -0.3 is 10.2 Å². The second-order valence-electron chi connectivity index (χ2n) is 9.64. The summed E-state index contributed by atoms with van der Waals surface area (Å²) < 4.78 is 28.8. The fourth-order valence-corrected chi connectivity index (χ4v) is 5.94. The Morgan fingerprint density at radius 1 is 0.900 bits per heavy atom. The summed E-state index contributed by atoms with van der Waals surface area (Å²) in [4.78, 5) is 28.9. The molecule has 3 aromatic rings. The van der Waals surface area contributed by atoms with E-state index >= 15 is 0 Å². The molecule has 7 nitrogen and oxygen atoms in total. The fourth-order valence-electron chi connectivity index (χ4n) is 4.23. The van der Waals surface area contributed by atoms with Crippen LogP contribution in [-0.4, -0.2) is 43.8 Å². The lowest BCUT2D eigenvalue weighted by atomic mass is 10.1. The van der Waals surface area contributed by atoms with Crippen molar-refractivity contribution in [1.29, 1.82) is 0 Å². The highest BCUT2D eigenvalue weighted by molar-refractivity contribution is 7.92. The van der Waals surface area contributed by atoms with Crippen LogP contribution in [0.15, 0.2) is 77.7 Å². The monoisotopic (exact) mass is 603 g/mol. The smallest absolute Gasteiger partial charge is 0.264 e. The minimum Gasteiger partial charge on any atom is -0.352 e. The van der Waals surface area contributed by atoms with Gasteiger partial charge in [0.2, 0.25) is 11.8 Å². The van der Waals surface area contributed by atoms with E-state index in [1.165, 1.54) is 35.2 Å². The summed E-state index contributed by atoms with van der Waals surface area (Å²) in [5.41, 5.74) is 2.04. The van der Waals surface area contributed by atoms with Crippen molar-refractivity contribution in [3.8, 4) is 0 Å². The lowest BCUT2D eigenvalue weighted by Gasteiger charge is -2.34. The Labute approximate surface area is 247 Å². The van der Waals surface area contributed by atoms with Crippen molar-refractivity contribution in [3.63, 3.8) is 0 Å². The largest absolute Gasteiger partial charge is 0.352 e. The topological polar surface area (TPSA) is 86.8 Å². The van der Waals surface area contributed by atoms with Gasteiger partial charge in [-0.3, -0.25) is 13.9 Å². The minimum atomic E-state index is -4.20. The molecule has 0 aliphatic rings. The van der Waals surface area contributed by atoms with E-state index in [1.54, 1.807) is 18.2 Å². The highest BCUT2D eigenvalue weighted by Gasteiger charge is 2.34. The van der Waals surface area contributed by atoms with E-state index < -0.39 is 28.5 Å². The average molecular weight is 605 g/mol. The summed E-state index contributed by atoms with van der Waals surface area (Å²) in [6, 6.07) is 18.7. The number of hydrogen-bond donors (Lipinski definition) is 1. The SMILES string of the molecule is CC[C@@H](C)NC(=O)[C@H](CC)N(Cc1ccccc1C)C(=O)CN(c1cccc(Cl)c1)S(=O)(=O)c1ccc(Cl)cc1. The van der Waals surface area contributed by atoms with Crippen LogP contribution in [0.4, 0.5) is 5.69 Å². The molecule has 0 saturated heterocycles. The Morgan fingerprint density at radius 2 is 1.57 bits per heavy atom. The van der Waals surface area contributed by atoms with Gasteiger partial charge in [-0.2, -0.15) is 0 Å². The molecule has 3 aromatic carbocycles. The van der Waals surface area contributed by atoms with E-state index in [1.807, 2.05) is 52.0 Å². The third-order valence-corrected chi connectivity index (χ3v) is 9.04. The van der Waals surface area contributed by atoms with Gasteiger partial charge >= 0.3 is 0 Å². The molecular formula is C30H35Cl2N3O4S. The first kappa shape index (κ1) is 31.5. The molecule has 2 amide bonds. The van der Waals surface area contributed by atoms with Crippen molar-refractivity contribution in [1.82, 2.24) is 10.2 Å². The molecule has 0 radical (unpaired) electrons. The minimum absolute atomic E-state index is 0.0308. The molecule has 0 aromatic heterocycles. The quantitative estimate of drug-likeness (QED) is 0.266. The van der Waals surface area contributed by atoms with Gasteiger partial charge in [0.05, 0.1) is 10.6 Å². The lowest BCUT2D eigenvalue weighted by molar-refractivity contribution is -0.140. The molecule has 1 N–H and O–H groups in total. The zero-order chi connectivity index (χ0) is 29.4. The van der Waals surface area contributed by atoms with Crippen LogP contribution in [0.1, 0.15) is 44.7 Å². The molecule has 0 heterocycles. The number of rotatable bonds is 12. The number of benzene rings is 3. The Hall–Kier alpha value is -3.07. The number of aryl methyl sites for hydroxylation is 1. The van der Waals surface area contributed by atoms with Crippen LogP contribution in [0.25, 0.3) is 0 Å². The third kappa shape index (κ3) is 7.77. The van der Waals surface area contributed by atoms with Crippen LogP contribution in [0.2, 0.25) is 10.0 Å². The summed E-state index contributed by atoms with van der Waals surface area (Å²) in [6.45, 7) is 7.23. The average Bonchev–Trinajstić information content (AvgIpc) is 2.92. The molecule has 3 rings (SSSR count). The van der Waals surface area contributed by atoms with Crippen LogP contribution in [0, 0.1) is 6.92 Å². The predicted octanol–water partition coefficient (Wildman–Crippen LogP) is 6.22. The normalized spacial score (nSPS) is 12.8. The molecule has 0 spiro atoms. The molecule has 0 aliphatic carbocycles. The van der Waals surface area contributed by atoms with Gasteiger partial charge in [0.25, 0.3) is 10.0 Å². The van der Waals surface area contributed by atoms with Crippen LogP contribution >= 0.6 is 23.2 Å². The first-order chi connectivity index (χ1) is 19.0. The molecule has 0 fully saturated rings. The number of carbonyl (C=O) groups excluding carboxylic acids is 2. The van der Waals surface area contributed by atoms with E-state index in [0.29, 0.717) is 16.5 Å². The number of hydrogen-bond acceptors (Lipinski definition) is 4. The zero-order valence-electron chi connectivity index (χ0n) is 23.1. The number of amides is 2. The van der Waals surface area contributed by atoms with E-state index in [2.05, 4.69) is 5.32 Å². The summed E-state index contributed by atoms with van der Waals surface area (Å²) in [7, 11) is -4.20. The maximum atomic E-state index is 14.1. The van der Waals surface area contributed by atoms with Crippen molar-refractivity contribution in [2.24, 2.45) is 0 Å². The number of anilines is 1. The molecule has 0 bridgehead atoms.